The molecule has 2 amide bonds. The summed E-state index contributed by atoms with van der Waals surface area (Å²) in [4.78, 5) is 27.8. The highest BCUT2D eigenvalue weighted by atomic mass is 32.2. The van der Waals surface area contributed by atoms with Gasteiger partial charge in [-0.3, -0.25) is 14.5 Å². The first-order chi connectivity index (χ1) is 12.3. The molecule has 0 atom stereocenters. The molecule has 0 saturated carbocycles. The van der Waals surface area contributed by atoms with Gasteiger partial charge in [0.2, 0.25) is 0 Å². The molecule has 1 heterocycles. The number of benzene rings is 1. The number of rotatable bonds is 9. The monoisotopic (exact) mass is 375 g/mol. The summed E-state index contributed by atoms with van der Waals surface area (Å²) in [5, 5.41) is 0.232. The Hall–Kier alpha value is -1.75. The van der Waals surface area contributed by atoms with Gasteiger partial charge in [0.05, 0.1) is 16.6 Å². The summed E-state index contributed by atoms with van der Waals surface area (Å²) in [6, 6.07) is 7.46. The molecule has 1 aromatic rings. The summed E-state index contributed by atoms with van der Waals surface area (Å²) >= 11 is 1.47. The van der Waals surface area contributed by atoms with Crippen LogP contribution in [0.5, 0.6) is 5.75 Å². The van der Waals surface area contributed by atoms with Gasteiger partial charge in [0, 0.05) is 11.8 Å². The number of amides is 2. The van der Waals surface area contributed by atoms with Gasteiger partial charge in [-0.05, 0) is 38.0 Å². The van der Waals surface area contributed by atoms with E-state index in [1.807, 2.05) is 52.0 Å². The van der Waals surface area contributed by atoms with Gasteiger partial charge < -0.3 is 4.74 Å². The highest BCUT2D eigenvalue weighted by molar-refractivity contribution is 8.04. The van der Waals surface area contributed by atoms with Gasteiger partial charge >= 0.3 is 0 Å². The lowest BCUT2D eigenvalue weighted by molar-refractivity contribution is -0.136. The van der Waals surface area contributed by atoms with Gasteiger partial charge in [0.25, 0.3) is 11.8 Å². The third-order valence-electron chi connectivity index (χ3n) is 3.98. The van der Waals surface area contributed by atoms with E-state index in [9.17, 15) is 9.59 Å². The molecule has 0 aliphatic carbocycles. The fraction of sp³-hybridized carbons (Fsp3) is 0.524. The number of thioether (sulfide) groups is 1. The van der Waals surface area contributed by atoms with Gasteiger partial charge in [-0.15, -0.1) is 11.8 Å². The lowest BCUT2D eigenvalue weighted by atomic mass is 10.1. The fourth-order valence-electron chi connectivity index (χ4n) is 2.85. The van der Waals surface area contributed by atoms with Crippen LogP contribution in [0.1, 0.15) is 59.4 Å². The van der Waals surface area contributed by atoms with Gasteiger partial charge in [-0.2, -0.15) is 0 Å². The second kappa shape index (κ2) is 9.26. The van der Waals surface area contributed by atoms with Crippen LogP contribution in [-0.4, -0.2) is 34.6 Å². The zero-order valence-corrected chi connectivity index (χ0v) is 17.2. The molecule has 4 nitrogen and oxygen atoms in total. The van der Waals surface area contributed by atoms with Crippen molar-refractivity contribution in [2.75, 3.05) is 6.54 Å². The molecular weight excluding hydrogens is 346 g/mol. The molecule has 0 N–H and O–H groups in total. The summed E-state index contributed by atoms with van der Waals surface area (Å²) in [5.41, 5.74) is 1.31. The van der Waals surface area contributed by atoms with E-state index < -0.39 is 0 Å². The number of nitrogens with zero attached hydrogens (tertiary/aromatic N) is 1. The molecule has 1 aliphatic heterocycles. The van der Waals surface area contributed by atoms with E-state index in [0.717, 1.165) is 30.6 Å². The minimum absolute atomic E-state index is 0.0934. The number of hydrogen-bond donors (Lipinski definition) is 0. The predicted molar refractivity (Wildman–Crippen MR) is 108 cm³/mol. The zero-order chi connectivity index (χ0) is 19.3. The van der Waals surface area contributed by atoms with E-state index in [-0.39, 0.29) is 23.2 Å². The van der Waals surface area contributed by atoms with Crippen molar-refractivity contribution in [3.8, 4) is 5.75 Å². The second-order valence-electron chi connectivity index (χ2n) is 7.03. The Labute approximate surface area is 161 Å². The third kappa shape index (κ3) is 4.91. The second-order valence-corrected chi connectivity index (χ2v) is 8.62. The standard InChI is InChI=1S/C21H29NO3S/c1-6-7-8-13-22-20(23)18(19(21(22)24)26-15(4)5)16-9-11-17(12-10-16)25-14(2)3/h9-12,14-15H,6-8,13H2,1-5H3. The van der Waals surface area contributed by atoms with E-state index >= 15 is 0 Å². The molecule has 0 unspecified atom stereocenters. The quantitative estimate of drug-likeness (QED) is 0.456. The van der Waals surface area contributed by atoms with E-state index in [2.05, 4.69) is 6.92 Å². The fourth-order valence-corrected chi connectivity index (χ4v) is 3.85. The Morgan fingerprint density at radius 3 is 2.19 bits per heavy atom. The van der Waals surface area contributed by atoms with Crippen LogP contribution in [-0.2, 0) is 9.59 Å². The van der Waals surface area contributed by atoms with E-state index in [1.54, 1.807) is 0 Å². The summed E-state index contributed by atoms with van der Waals surface area (Å²) < 4.78 is 5.67. The largest absolute Gasteiger partial charge is 0.491 e. The van der Waals surface area contributed by atoms with Crippen LogP contribution in [0.2, 0.25) is 0 Å². The van der Waals surface area contributed by atoms with Crippen molar-refractivity contribution in [2.24, 2.45) is 0 Å². The Balaban J connectivity index is 2.32. The number of unbranched alkanes of at least 4 members (excludes halogenated alkanes) is 2. The van der Waals surface area contributed by atoms with Crippen molar-refractivity contribution in [2.45, 2.75) is 65.2 Å². The highest BCUT2D eigenvalue weighted by Crippen LogP contribution is 2.38. The molecule has 2 rings (SSSR count). The topological polar surface area (TPSA) is 46.6 Å². The molecule has 1 aromatic carbocycles. The molecule has 0 spiro atoms. The first kappa shape index (κ1) is 20.6. The average Bonchev–Trinajstić information content (AvgIpc) is 2.79. The number of ether oxygens (including phenoxy) is 1. The van der Waals surface area contributed by atoms with E-state index in [0.29, 0.717) is 17.0 Å². The normalized spacial score (nSPS) is 15.0. The maximum absolute atomic E-state index is 13.0. The number of carbonyl (C=O) groups excluding carboxylic acids is 2. The van der Waals surface area contributed by atoms with Gasteiger partial charge in [-0.25, -0.2) is 0 Å². The van der Waals surface area contributed by atoms with Crippen molar-refractivity contribution in [3.05, 3.63) is 34.7 Å². The molecule has 26 heavy (non-hydrogen) atoms. The van der Waals surface area contributed by atoms with Gasteiger partial charge in [-0.1, -0.05) is 45.7 Å². The summed E-state index contributed by atoms with van der Waals surface area (Å²) in [7, 11) is 0. The van der Waals surface area contributed by atoms with Crippen LogP contribution in [0.15, 0.2) is 29.2 Å². The van der Waals surface area contributed by atoms with Crippen LogP contribution < -0.4 is 4.74 Å². The molecule has 0 aromatic heterocycles. The van der Waals surface area contributed by atoms with Crippen LogP contribution in [0, 0.1) is 0 Å². The molecule has 142 valence electrons. The Morgan fingerprint density at radius 2 is 1.65 bits per heavy atom. The summed E-state index contributed by atoms with van der Waals surface area (Å²) in [6.45, 7) is 10.6. The average molecular weight is 376 g/mol. The maximum Gasteiger partial charge on any atom is 0.267 e. The Morgan fingerprint density at radius 1 is 1.00 bits per heavy atom. The highest BCUT2D eigenvalue weighted by Gasteiger charge is 2.39. The van der Waals surface area contributed by atoms with Crippen molar-refractivity contribution in [3.63, 3.8) is 0 Å². The minimum atomic E-state index is -0.174. The summed E-state index contributed by atoms with van der Waals surface area (Å²) in [5.74, 6) is 0.438. The van der Waals surface area contributed by atoms with E-state index in [4.69, 9.17) is 4.74 Å². The predicted octanol–water partition coefficient (Wildman–Crippen LogP) is 4.89. The smallest absolute Gasteiger partial charge is 0.267 e. The Bertz CT molecular complexity index is 677. The molecule has 1 aliphatic rings. The lowest BCUT2D eigenvalue weighted by Crippen LogP contribution is -2.32. The lowest BCUT2D eigenvalue weighted by Gasteiger charge is -2.15. The number of imide groups is 1. The van der Waals surface area contributed by atoms with Crippen LogP contribution in [0.4, 0.5) is 0 Å². The Kier molecular flexibility index (Phi) is 7.33. The molecule has 0 radical (unpaired) electrons. The SMILES string of the molecule is CCCCCN1C(=O)C(SC(C)C)=C(c2ccc(OC(C)C)cc2)C1=O. The van der Waals surface area contributed by atoms with Crippen LogP contribution >= 0.6 is 11.8 Å². The van der Waals surface area contributed by atoms with Crippen molar-refractivity contribution in [1.29, 1.82) is 0 Å². The molecule has 0 bridgehead atoms. The minimum Gasteiger partial charge on any atom is -0.491 e. The molecule has 0 saturated heterocycles. The van der Waals surface area contributed by atoms with Crippen molar-refractivity contribution < 1.29 is 14.3 Å². The van der Waals surface area contributed by atoms with Crippen molar-refractivity contribution in [1.82, 2.24) is 4.90 Å². The van der Waals surface area contributed by atoms with Gasteiger partial charge in [0.1, 0.15) is 5.75 Å². The van der Waals surface area contributed by atoms with Gasteiger partial charge in [0.15, 0.2) is 0 Å². The summed E-state index contributed by atoms with van der Waals surface area (Å²) in [6.07, 6.45) is 3.01. The van der Waals surface area contributed by atoms with Crippen LogP contribution in [0.25, 0.3) is 5.57 Å². The zero-order valence-electron chi connectivity index (χ0n) is 16.4. The molecular formula is C21H29NO3S. The third-order valence-corrected chi connectivity index (χ3v) is 5.06. The van der Waals surface area contributed by atoms with Crippen LogP contribution in [0.3, 0.4) is 0 Å². The molecule has 0 fully saturated rings. The number of carbonyl (C=O) groups is 2. The maximum atomic E-state index is 13.0. The van der Waals surface area contributed by atoms with Crippen molar-refractivity contribution >= 4 is 29.1 Å². The molecule has 5 heteroatoms. The first-order valence-electron chi connectivity index (χ1n) is 9.39. The number of hydrogen-bond acceptors (Lipinski definition) is 4. The van der Waals surface area contributed by atoms with E-state index in [1.165, 1.54) is 16.7 Å². The first-order valence-corrected chi connectivity index (χ1v) is 10.3.